The number of rotatable bonds is 3. The molecule has 3 heteroatoms. The van der Waals surface area contributed by atoms with Gasteiger partial charge in [-0.15, -0.1) is 0 Å². The van der Waals surface area contributed by atoms with Crippen LogP contribution in [-0.4, -0.2) is 19.3 Å². The van der Waals surface area contributed by atoms with E-state index in [4.69, 9.17) is 0 Å². The second kappa shape index (κ2) is 6.44. The Morgan fingerprint density at radius 3 is 2.62 bits per heavy atom. The molecule has 1 fully saturated rings. The highest BCUT2D eigenvalue weighted by molar-refractivity contribution is 9.10. The minimum Gasteiger partial charge on any atom is -0.372 e. The summed E-state index contributed by atoms with van der Waals surface area (Å²) < 4.78 is 1.05. The van der Waals surface area contributed by atoms with E-state index in [1.165, 1.54) is 42.7 Å². The van der Waals surface area contributed by atoms with Crippen molar-refractivity contribution in [3.8, 4) is 0 Å². The quantitative estimate of drug-likeness (QED) is 0.707. The van der Waals surface area contributed by atoms with Gasteiger partial charge in [0, 0.05) is 29.5 Å². The molecule has 2 nitrogen and oxygen atoms in total. The van der Waals surface area contributed by atoms with Crippen molar-refractivity contribution in [3.63, 3.8) is 0 Å². The molecule has 3 rings (SSSR count). The van der Waals surface area contributed by atoms with Crippen molar-refractivity contribution in [1.82, 2.24) is 0 Å². The molecule has 1 aliphatic heterocycles. The molecule has 0 aliphatic carbocycles. The van der Waals surface area contributed by atoms with Gasteiger partial charge in [-0.2, -0.15) is 0 Å². The molecule has 0 atom stereocenters. The first-order valence-electron chi connectivity index (χ1n) is 7.37. The minimum absolute atomic E-state index is 0.965. The summed E-state index contributed by atoms with van der Waals surface area (Å²) in [7, 11) is 0. The second-order valence-corrected chi connectivity index (χ2v) is 6.39. The van der Waals surface area contributed by atoms with E-state index in [0.29, 0.717) is 0 Å². The molecule has 21 heavy (non-hydrogen) atoms. The molecule has 0 aromatic heterocycles. The summed E-state index contributed by atoms with van der Waals surface area (Å²) in [5.41, 5.74) is 4.76. The SMILES string of the molecule is Cc1cc(N2CCCC2)ccc1C=Nc1cccc(Br)c1. The number of aliphatic imine (C=N–C) groups is 1. The maximum Gasteiger partial charge on any atom is 0.0641 e. The van der Waals surface area contributed by atoms with E-state index in [-0.39, 0.29) is 0 Å². The molecule has 108 valence electrons. The zero-order chi connectivity index (χ0) is 14.7. The lowest BCUT2D eigenvalue weighted by Crippen LogP contribution is -2.17. The Labute approximate surface area is 134 Å². The number of hydrogen-bond donors (Lipinski definition) is 0. The molecule has 0 spiro atoms. The van der Waals surface area contributed by atoms with Crippen LogP contribution in [0.2, 0.25) is 0 Å². The lowest BCUT2D eigenvalue weighted by Gasteiger charge is -2.18. The maximum absolute atomic E-state index is 4.56. The van der Waals surface area contributed by atoms with Crippen LogP contribution in [0.1, 0.15) is 24.0 Å². The Morgan fingerprint density at radius 2 is 1.90 bits per heavy atom. The molecule has 0 radical (unpaired) electrons. The smallest absolute Gasteiger partial charge is 0.0641 e. The Morgan fingerprint density at radius 1 is 1.10 bits per heavy atom. The van der Waals surface area contributed by atoms with Crippen LogP contribution >= 0.6 is 15.9 Å². The van der Waals surface area contributed by atoms with Crippen molar-refractivity contribution in [2.45, 2.75) is 19.8 Å². The zero-order valence-electron chi connectivity index (χ0n) is 12.2. The fraction of sp³-hybridized carbons (Fsp3) is 0.278. The summed E-state index contributed by atoms with van der Waals surface area (Å²) in [6, 6.07) is 14.7. The van der Waals surface area contributed by atoms with E-state index in [1.807, 2.05) is 30.5 Å². The molecule has 1 saturated heterocycles. The lowest BCUT2D eigenvalue weighted by atomic mass is 10.1. The van der Waals surface area contributed by atoms with E-state index < -0.39 is 0 Å². The maximum atomic E-state index is 4.56. The van der Waals surface area contributed by atoms with E-state index in [2.05, 4.69) is 50.9 Å². The highest BCUT2D eigenvalue weighted by Gasteiger charge is 2.12. The third-order valence-corrected chi connectivity index (χ3v) is 4.38. The molecular formula is C18H19BrN2. The highest BCUT2D eigenvalue weighted by Crippen LogP contribution is 2.23. The van der Waals surface area contributed by atoms with Crippen molar-refractivity contribution in [2.24, 2.45) is 4.99 Å². The standard InChI is InChI=1S/C18H19BrN2/c1-14-11-18(21-9-2-3-10-21)8-7-15(14)13-20-17-6-4-5-16(19)12-17/h4-8,11-13H,2-3,9-10H2,1H3. The fourth-order valence-electron chi connectivity index (χ4n) is 2.68. The third-order valence-electron chi connectivity index (χ3n) is 3.89. The average Bonchev–Trinajstić information content (AvgIpc) is 3.00. The number of nitrogens with zero attached hydrogens (tertiary/aromatic N) is 2. The summed E-state index contributed by atoms with van der Waals surface area (Å²) in [4.78, 5) is 7.02. The van der Waals surface area contributed by atoms with Gasteiger partial charge in [0.2, 0.25) is 0 Å². The topological polar surface area (TPSA) is 15.6 Å². The van der Waals surface area contributed by atoms with Gasteiger partial charge in [0.25, 0.3) is 0 Å². The van der Waals surface area contributed by atoms with Gasteiger partial charge in [0.15, 0.2) is 0 Å². The van der Waals surface area contributed by atoms with Crippen molar-refractivity contribution >= 4 is 33.5 Å². The van der Waals surface area contributed by atoms with Crippen LogP contribution in [0, 0.1) is 6.92 Å². The molecule has 0 bridgehead atoms. The van der Waals surface area contributed by atoms with Crippen molar-refractivity contribution < 1.29 is 0 Å². The van der Waals surface area contributed by atoms with Crippen LogP contribution in [0.3, 0.4) is 0 Å². The highest BCUT2D eigenvalue weighted by atomic mass is 79.9. The Hall–Kier alpha value is -1.61. The summed E-state index contributed by atoms with van der Waals surface area (Å²) >= 11 is 3.47. The van der Waals surface area contributed by atoms with Crippen LogP contribution < -0.4 is 4.90 Å². The normalized spacial score (nSPS) is 15.0. The van der Waals surface area contributed by atoms with E-state index in [1.54, 1.807) is 0 Å². The first kappa shape index (κ1) is 14.3. The molecule has 0 saturated carbocycles. The van der Waals surface area contributed by atoms with Gasteiger partial charge in [-0.05, 0) is 61.2 Å². The third kappa shape index (κ3) is 3.53. The van der Waals surface area contributed by atoms with Crippen LogP contribution in [0.5, 0.6) is 0 Å². The van der Waals surface area contributed by atoms with Crippen LogP contribution in [0.15, 0.2) is 51.9 Å². The molecule has 0 N–H and O–H groups in total. The van der Waals surface area contributed by atoms with Crippen molar-refractivity contribution in [3.05, 3.63) is 58.1 Å². The monoisotopic (exact) mass is 342 g/mol. The summed E-state index contributed by atoms with van der Waals surface area (Å²) in [5, 5.41) is 0. The summed E-state index contributed by atoms with van der Waals surface area (Å²) in [6.45, 7) is 4.53. The van der Waals surface area contributed by atoms with Gasteiger partial charge in [0.05, 0.1) is 5.69 Å². The van der Waals surface area contributed by atoms with E-state index in [9.17, 15) is 0 Å². The minimum atomic E-state index is 0.965. The molecule has 2 aromatic carbocycles. The largest absolute Gasteiger partial charge is 0.372 e. The van der Waals surface area contributed by atoms with E-state index in [0.717, 1.165) is 10.2 Å². The number of halogens is 1. The van der Waals surface area contributed by atoms with Gasteiger partial charge in [-0.1, -0.05) is 28.1 Å². The number of benzene rings is 2. The van der Waals surface area contributed by atoms with Gasteiger partial charge in [0.1, 0.15) is 0 Å². The van der Waals surface area contributed by atoms with Gasteiger partial charge in [-0.3, -0.25) is 4.99 Å². The van der Waals surface area contributed by atoms with Gasteiger partial charge >= 0.3 is 0 Å². The molecule has 1 aliphatic rings. The van der Waals surface area contributed by atoms with Crippen LogP contribution in [-0.2, 0) is 0 Å². The molecule has 2 aromatic rings. The Kier molecular flexibility index (Phi) is 4.39. The number of aryl methyl sites for hydroxylation is 1. The Bertz CT molecular complexity index is 658. The van der Waals surface area contributed by atoms with Gasteiger partial charge in [-0.25, -0.2) is 0 Å². The van der Waals surface area contributed by atoms with Gasteiger partial charge < -0.3 is 4.90 Å². The number of hydrogen-bond acceptors (Lipinski definition) is 2. The number of anilines is 1. The fourth-order valence-corrected chi connectivity index (χ4v) is 3.06. The first-order chi connectivity index (χ1) is 10.2. The second-order valence-electron chi connectivity index (χ2n) is 5.47. The molecular weight excluding hydrogens is 324 g/mol. The van der Waals surface area contributed by atoms with E-state index >= 15 is 0 Å². The lowest BCUT2D eigenvalue weighted by molar-refractivity contribution is 0.949. The summed E-state index contributed by atoms with van der Waals surface area (Å²) in [6.07, 6.45) is 4.57. The average molecular weight is 343 g/mol. The Balaban J connectivity index is 1.79. The van der Waals surface area contributed by atoms with Crippen LogP contribution in [0.4, 0.5) is 11.4 Å². The van der Waals surface area contributed by atoms with Crippen molar-refractivity contribution in [2.75, 3.05) is 18.0 Å². The molecule has 0 amide bonds. The zero-order valence-corrected chi connectivity index (χ0v) is 13.8. The summed E-state index contributed by atoms with van der Waals surface area (Å²) in [5.74, 6) is 0. The molecule has 0 unspecified atom stereocenters. The molecule has 1 heterocycles. The predicted molar refractivity (Wildman–Crippen MR) is 94.0 cm³/mol. The van der Waals surface area contributed by atoms with Crippen LogP contribution in [0.25, 0.3) is 0 Å². The van der Waals surface area contributed by atoms with Crippen molar-refractivity contribution in [1.29, 1.82) is 0 Å². The first-order valence-corrected chi connectivity index (χ1v) is 8.17. The predicted octanol–water partition coefficient (Wildman–Crippen LogP) is 5.11.